The van der Waals surface area contributed by atoms with E-state index in [0.29, 0.717) is 0 Å². The van der Waals surface area contributed by atoms with E-state index in [0.717, 1.165) is 17.0 Å². The molecule has 0 fully saturated rings. The summed E-state index contributed by atoms with van der Waals surface area (Å²) < 4.78 is 0. The second-order valence-electron chi connectivity index (χ2n) is 3.59. The molecule has 86 valence electrons. The van der Waals surface area contributed by atoms with E-state index in [9.17, 15) is 4.79 Å². The van der Waals surface area contributed by atoms with Crippen LogP contribution in [0.15, 0.2) is 36.4 Å². The smallest absolute Gasteiger partial charge is 0.335 e. The largest absolute Gasteiger partial charge is 0.478 e. The first-order valence-corrected chi connectivity index (χ1v) is 5.22. The van der Waals surface area contributed by atoms with E-state index in [1.54, 1.807) is 18.2 Å². The molecule has 4 heteroatoms. The molecule has 1 aromatic carbocycles. The van der Waals surface area contributed by atoms with Crippen LogP contribution in [0.3, 0.4) is 0 Å². The average Bonchev–Trinajstić information content (AvgIpc) is 2.78. The van der Waals surface area contributed by atoms with Gasteiger partial charge in [0.05, 0.1) is 17.0 Å². The topological polar surface area (TPSA) is 66.0 Å². The number of nitrogens with one attached hydrogen (secondary N) is 1. The minimum atomic E-state index is -0.934. The summed E-state index contributed by atoms with van der Waals surface area (Å²) in [5.74, 6) is -0.934. The molecule has 0 atom stereocenters. The summed E-state index contributed by atoms with van der Waals surface area (Å²) in [5.41, 5.74) is 2.68. The number of aromatic carboxylic acids is 1. The van der Waals surface area contributed by atoms with Crippen LogP contribution in [0.4, 0.5) is 0 Å². The molecule has 0 amide bonds. The first-order valence-electron chi connectivity index (χ1n) is 5.22. The number of benzene rings is 1. The van der Waals surface area contributed by atoms with Crippen LogP contribution in [-0.4, -0.2) is 21.3 Å². The number of carboxylic acids is 1. The Morgan fingerprint density at radius 2 is 2.24 bits per heavy atom. The highest BCUT2D eigenvalue weighted by Crippen LogP contribution is 2.19. The van der Waals surface area contributed by atoms with E-state index in [-0.39, 0.29) is 5.56 Å². The number of nitrogens with zero attached hydrogens (tertiary/aromatic N) is 1. The molecule has 2 aromatic rings. The van der Waals surface area contributed by atoms with Gasteiger partial charge in [-0.05, 0) is 31.2 Å². The molecule has 0 spiro atoms. The molecule has 0 unspecified atom stereocenters. The fourth-order valence-corrected chi connectivity index (χ4v) is 1.56. The number of hydrogen-bond acceptors (Lipinski definition) is 2. The first kappa shape index (κ1) is 11.1. The lowest BCUT2D eigenvalue weighted by atomic mass is 10.1. The molecular weight excluding hydrogens is 216 g/mol. The van der Waals surface area contributed by atoms with Gasteiger partial charge >= 0.3 is 5.97 Å². The van der Waals surface area contributed by atoms with Crippen molar-refractivity contribution in [2.45, 2.75) is 6.92 Å². The minimum Gasteiger partial charge on any atom is -0.478 e. The van der Waals surface area contributed by atoms with Gasteiger partial charge in [0.25, 0.3) is 0 Å². The van der Waals surface area contributed by atoms with Crippen molar-refractivity contribution in [3.05, 3.63) is 47.7 Å². The molecule has 0 aliphatic carbocycles. The Bertz CT molecular complexity index is 570. The number of hydrogen-bond donors (Lipinski definition) is 2. The normalized spacial score (nSPS) is 10.9. The fraction of sp³-hybridized carbons (Fsp3) is 0.0769. The third kappa shape index (κ3) is 2.42. The van der Waals surface area contributed by atoms with Gasteiger partial charge in [0, 0.05) is 5.56 Å². The molecular formula is C13H12N2O2. The van der Waals surface area contributed by atoms with Gasteiger partial charge in [0.1, 0.15) is 0 Å². The van der Waals surface area contributed by atoms with Crippen LogP contribution in [0, 0.1) is 0 Å². The minimum absolute atomic E-state index is 0.262. The van der Waals surface area contributed by atoms with Crippen LogP contribution in [0.25, 0.3) is 17.3 Å². The number of aromatic nitrogens is 2. The molecule has 0 radical (unpaired) electrons. The molecule has 0 aliphatic rings. The van der Waals surface area contributed by atoms with Gasteiger partial charge in [-0.15, -0.1) is 0 Å². The van der Waals surface area contributed by atoms with Gasteiger partial charge in [0.15, 0.2) is 0 Å². The summed E-state index contributed by atoms with van der Waals surface area (Å²) in [6.45, 7) is 1.92. The highest BCUT2D eigenvalue weighted by Gasteiger charge is 2.06. The van der Waals surface area contributed by atoms with Gasteiger partial charge < -0.3 is 5.11 Å². The van der Waals surface area contributed by atoms with E-state index in [1.165, 1.54) is 0 Å². The molecule has 1 aromatic heterocycles. The predicted octanol–water partition coefficient (Wildman–Crippen LogP) is 2.81. The summed E-state index contributed by atoms with van der Waals surface area (Å²) in [6, 6.07) is 8.59. The second kappa shape index (κ2) is 4.65. The summed E-state index contributed by atoms with van der Waals surface area (Å²) >= 11 is 0. The van der Waals surface area contributed by atoms with Crippen molar-refractivity contribution in [2.24, 2.45) is 0 Å². The lowest BCUT2D eigenvalue weighted by Crippen LogP contribution is -1.95. The zero-order chi connectivity index (χ0) is 12.3. The maximum Gasteiger partial charge on any atom is 0.335 e. The Kier molecular flexibility index (Phi) is 3.05. The maximum absolute atomic E-state index is 10.9. The fourth-order valence-electron chi connectivity index (χ4n) is 1.56. The third-order valence-corrected chi connectivity index (χ3v) is 2.35. The molecule has 0 saturated heterocycles. The van der Waals surface area contributed by atoms with Crippen LogP contribution in [0.2, 0.25) is 0 Å². The monoisotopic (exact) mass is 228 g/mol. The van der Waals surface area contributed by atoms with Crippen LogP contribution in [-0.2, 0) is 0 Å². The van der Waals surface area contributed by atoms with Crippen LogP contribution in [0.1, 0.15) is 23.0 Å². The number of H-pyrrole nitrogens is 1. The SMILES string of the molecule is C/C=C/c1cc(-c2cccc(C(=O)O)c2)n[nH]1. The lowest BCUT2D eigenvalue weighted by molar-refractivity contribution is 0.0697. The molecule has 0 saturated carbocycles. The van der Waals surface area contributed by atoms with E-state index in [1.807, 2.05) is 31.2 Å². The molecule has 1 heterocycles. The first-order chi connectivity index (χ1) is 8.20. The number of carboxylic acid groups (broad SMARTS) is 1. The third-order valence-electron chi connectivity index (χ3n) is 2.35. The highest BCUT2D eigenvalue weighted by molar-refractivity contribution is 5.89. The summed E-state index contributed by atoms with van der Waals surface area (Å²) in [4.78, 5) is 10.9. The quantitative estimate of drug-likeness (QED) is 0.848. The second-order valence-corrected chi connectivity index (χ2v) is 3.59. The Hall–Kier alpha value is -2.36. The van der Waals surface area contributed by atoms with Crippen molar-refractivity contribution in [3.63, 3.8) is 0 Å². The van der Waals surface area contributed by atoms with Crippen molar-refractivity contribution in [1.82, 2.24) is 10.2 Å². The zero-order valence-electron chi connectivity index (χ0n) is 9.34. The highest BCUT2D eigenvalue weighted by atomic mass is 16.4. The lowest BCUT2D eigenvalue weighted by Gasteiger charge is -1.98. The maximum atomic E-state index is 10.9. The van der Waals surface area contributed by atoms with Gasteiger partial charge in [-0.1, -0.05) is 18.2 Å². The number of allylic oxidation sites excluding steroid dienone is 1. The van der Waals surface area contributed by atoms with Crippen LogP contribution < -0.4 is 0 Å². The van der Waals surface area contributed by atoms with Gasteiger partial charge in [-0.25, -0.2) is 4.79 Å². The van der Waals surface area contributed by atoms with Crippen molar-refractivity contribution >= 4 is 12.0 Å². The average molecular weight is 228 g/mol. The molecule has 2 rings (SSSR count). The molecule has 0 bridgehead atoms. The molecule has 2 N–H and O–H groups in total. The van der Waals surface area contributed by atoms with Crippen molar-refractivity contribution in [1.29, 1.82) is 0 Å². The molecule has 4 nitrogen and oxygen atoms in total. The van der Waals surface area contributed by atoms with E-state index in [4.69, 9.17) is 5.11 Å². The molecule has 0 aliphatic heterocycles. The summed E-state index contributed by atoms with van der Waals surface area (Å²) in [7, 11) is 0. The summed E-state index contributed by atoms with van der Waals surface area (Å²) in [5, 5.41) is 15.9. The Labute approximate surface area is 98.6 Å². The number of rotatable bonds is 3. The predicted molar refractivity (Wildman–Crippen MR) is 65.7 cm³/mol. The van der Waals surface area contributed by atoms with Gasteiger partial charge in [-0.3, -0.25) is 5.10 Å². The van der Waals surface area contributed by atoms with Crippen molar-refractivity contribution in [3.8, 4) is 11.3 Å². The van der Waals surface area contributed by atoms with E-state index >= 15 is 0 Å². The number of aromatic amines is 1. The van der Waals surface area contributed by atoms with Crippen molar-refractivity contribution in [2.75, 3.05) is 0 Å². The zero-order valence-corrected chi connectivity index (χ0v) is 9.34. The van der Waals surface area contributed by atoms with Crippen molar-refractivity contribution < 1.29 is 9.90 Å². The Morgan fingerprint density at radius 1 is 1.41 bits per heavy atom. The van der Waals surface area contributed by atoms with Crippen LogP contribution >= 0.6 is 0 Å². The molecule has 17 heavy (non-hydrogen) atoms. The standard InChI is InChI=1S/C13H12N2O2/c1-2-4-11-8-12(15-14-11)9-5-3-6-10(7-9)13(16)17/h2-8H,1H3,(H,14,15)(H,16,17)/b4-2+. The Balaban J connectivity index is 2.38. The van der Waals surface area contributed by atoms with Gasteiger partial charge in [-0.2, -0.15) is 5.10 Å². The van der Waals surface area contributed by atoms with E-state index in [2.05, 4.69) is 10.2 Å². The van der Waals surface area contributed by atoms with E-state index < -0.39 is 5.97 Å². The van der Waals surface area contributed by atoms with Crippen LogP contribution in [0.5, 0.6) is 0 Å². The van der Waals surface area contributed by atoms with Gasteiger partial charge in [0.2, 0.25) is 0 Å². The summed E-state index contributed by atoms with van der Waals surface area (Å²) in [6.07, 6.45) is 3.81. The Morgan fingerprint density at radius 3 is 2.94 bits per heavy atom. The number of carbonyl (C=O) groups is 1.